The Morgan fingerprint density at radius 1 is 1.03 bits per heavy atom. The number of alkyl carbamates (subject to hydrolysis) is 1. The van der Waals surface area contributed by atoms with Gasteiger partial charge in [-0.25, -0.2) is 4.79 Å². The molecule has 0 saturated heterocycles. The summed E-state index contributed by atoms with van der Waals surface area (Å²) in [6.45, 7) is 5.62. The lowest BCUT2D eigenvalue weighted by molar-refractivity contribution is 0.0492. The van der Waals surface area contributed by atoms with Gasteiger partial charge in [0.25, 0.3) is 0 Å². The number of nitrogens with zero attached hydrogens (tertiary/aromatic N) is 1. The van der Waals surface area contributed by atoms with Crippen LogP contribution in [0.3, 0.4) is 0 Å². The average molecular weight is 492 g/mol. The summed E-state index contributed by atoms with van der Waals surface area (Å²) >= 11 is 6.68. The summed E-state index contributed by atoms with van der Waals surface area (Å²) in [7, 11) is 0. The smallest absolute Gasteiger partial charge is 0.407 e. The average Bonchev–Trinajstić information content (AvgIpc) is 3.23. The monoisotopic (exact) mass is 491 g/mol. The standard InChI is InChI=1S/C28H30ClN3O3/c1-28(2,3)35-27(33)32-19-10-8-18(9-11-19)31-20-13-21-22(24(29)14-20)15-30-16-23(21)26-12-17-6-4-5-7-25(17)34-26/h4-7,12-16,18-19,31H,8-11H2,1-3H3,(H,32,33). The van der Waals surface area contributed by atoms with Gasteiger partial charge in [-0.3, -0.25) is 4.98 Å². The maximum atomic E-state index is 12.1. The highest BCUT2D eigenvalue weighted by Gasteiger charge is 2.25. The first-order chi connectivity index (χ1) is 16.7. The minimum absolute atomic E-state index is 0.133. The Hall–Kier alpha value is -3.25. The van der Waals surface area contributed by atoms with Crippen molar-refractivity contribution in [3.8, 4) is 11.3 Å². The molecule has 0 atom stereocenters. The number of furan rings is 1. The fourth-order valence-corrected chi connectivity index (χ4v) is 4.98. The summed E-state index contributed by atoms with van der Waals surface area (Å²) < 4.78 is 11.5. The zero-order chi connectivity index (χ0) is 24.6. The van der Waals surface area contributed by atoms with Crippen LogP contribution >= 0.6 is 11.6 Å². The molecule has 0 unspecified atom stereocenters. The highest BCUT2D eigenvalue weighted by atomic mass is 35.5. The molecule has 2 heterocycles. The van der Waals surface area contributed by atoms with Crippen molar-refractivity contribution in [2.75, 3.05) is 5.32 Å². The van der Waals surface area contributed by atoms with E-state index in [0.717, 1.165) is 64.4 Å². The van der Waals surface area contributed by atoms with E-state index in [9.17, 15) is 4.79 Å². The fraction of sp³-hybridized carbons (Fsp3) is 0.357. The number of ether oxygens (including phenoxy) is 1. The van der Waals surface area contributed by atoms with Gasteiger partial charge in [0.2, 0.25) is 0 Å². The molecule has 1 fully saturated rings. The Morgan fingerprint density at radius 2 is 1.77 bits per heavy atom. The quantitative estimate of drug-likeness (QED) is 0.308. The summed E-state index contributed by atoms with van der Waals surface area (Å²) in [5.41, 5.74) is 2.23. The molecule has 0 spiro atoms. The van der Waals surface area contributed by atoms with Crippen LogP contribution in [0.4, 0.5) is 10.5 Å². The lowest BCUT2D eigenvalue weighted by atomic mass is 9.91. The molecule has 182 valence electrons. The van der Waals surface area contributed by atoms with E-state index in [1.165, 1.54) is 0 Å². The molecule has 7 heteroatoms. The zero-order valence-corrected chi connectivity index (χ0v) is 21.0. The predicted octanol–water partition coefficient (Wildman–Crippen LogP) is 7.55. The first-order valence-corrected chi connectivity index (χ1v) is 12.5. The van der Waals surface area contributed by atoms with Gasteiger partial charge in [-0.15, -0.1) is 0 Å². The van der Waals surface area contributed by atoms with E-state index >= 15 is 0 Å². The Balaban J connectivity index is 1.32. The van der Waals surface area contributed by atoms with Crippen LogP contribution in [0.5, 0.6) is 0 Å². The van der Waals surface area contributed by atoms with E-state index in [1.54, 1.807) is 6.20 Å². The third kappa shape index (κ3) is 5.38. The van der Waals surface area contributed by atoms with Gasteiger partial charge in [0.1, 0.15) is 16.9 Å². The van der Waals surface area contributed by atoms with E-state index in [-0.39, 0.29) is 12.1 Å². The number of benzene rings is 2. The molecule has 0 radical (unpaired) electrons. The van der Waals surface area contributed by atoms with Gasteiger partial charge in [-0.2, -0.15) is 0 Å². The van der Waals surface area contributed by atoms with Crippen LogP contribution in [-0.2, 0) is 4.74 Å². The van der Waals surface area contributed by atoms with E-state index in [1.807, 2.05) is 63.4 Å². The molecule has 1 aliphatic rings. The number of halogens is 1. The van der Waals surface area contributed by atoms with Crippen molar-refractivity contribution in [2.45, 2.75) is 64.1 Å². The van der Waals surface area contributed by atoms with Gasteiger partial charge in [-0.05, 0) is 76.1 Å². The molecule has 6 nitrogen and oxygen atoms in total. The van der Waals surface area contributed by atoms with Gasteiger partial charge < -0.3 is 19.8 Å². The molecule has 1 amide bonds. The van der Waals surface area contributed by atoms with Crippen molar-refractivity contribution < 1.29 is 13.9 Å². The Bertz CT molecular complexity index is 1330. The molecule has 2 aromatic heterocycles. The van der Waals surface area contributed by atoms with Crippen molar-refractivity contribution in [3.63, 3.8) is 0 Å². The molecule has 1 saturated carbocycles. The number of fused-ring (bicyclic) bond motifs is 2. The van der Waals surface area contributed by atoms with Crippen LogP contribution in [0.25, 0.3) is 33.1 Å². The third-order valence-corrected chi connectivity index (χ3v) is 6.65. The van der Waals surface area contributed by atoms with Crippen LogP contribution in [0.1, 0.15) is 46.5 Å². The molecule has 1 aliphatic carbocycles. The number of pyridine rings is 1. The van der Waals surface area contributed by atoms with Crippen molar-refractivity contribution in [1.82, 2.24) is 10.3 Å². The van der Waals surface area contributed by atoms with E-state index in [2.05, 4.69) is 21.7 Å². The molecule has 2 aromatic carbocycles. The highest BCUT2D eigenvalue weighted by Crippen LogP contribution is 2.37. The van der Waals surface area contributed by atoms with Crippen LogP contribution in [-0.4, -0.2) is 28.8 Å². The first-order valence-electron chi connectivity index (χ1n) is 12.1. The third-order valence-electron chi connectivity index (χ3n) is 6.34. The number of carbonyl (C=O) groups is 1. The summed E-state index contributed by atoms with van der Waals surface area (Å²) in [4.78, 5) is 16.5. The first kappa shape index (κ1) is 23.5. The number of anilines is 1. The Kier molecular flexibility index (Phi) is 6.32. The zero-order valence-electron chi connectivity index (χ0n) is 20.2. The Morgan fingerprint density at radius 3 is 2.51 bits per heavy atom. The molecular formula is C28H30ClN3O3. The van der Waals surface area contributed by atoms with E-state index in [4.69, 9.17) is 20.8 Å². The predicted molar refractivity (Wildman–Crippen MR) is 141 cm³/mol. The lowest BCUT2D eigenvalue weighted by Crippen LogP contribution is -2.42. The van der Waals surface area contributed by atoms with Crippen molar-refractivity contribution in [3.05, 3.63) is 59.9 Å². The maximum absolute atomic E-state index is 12.1. The lowest BCUT2D eigenvalue weighted by Gasteiger charge is -2.31. The molecule has 0 aliphatic heterocycles. The summed E-state index contributed by atoms with van der Waals surface area (Å²) in [6, 6.07) is 14.5. The normalized spacial score (nSPS) is 18.5. The van der Waals surface area contributed by atoms with Gasteiger partial charge in [0.15, 0.2) is 0 Å². The molecule has 0 bridgehead atoms. The fourth-order valence-electron chi connectivity index (χ4n) is 4.71. The largest absolute Gasteiger partial charge is 0.456 e. The Labute approximate surface area is 210 Å². The molecule has 2 N–H and O–H groups in total. The summed E-state index contributed by atoms with van der Waals surface area (Å²) in [6.07, 6.45) is 6.96. The highest BCUT2D eigenvalue weighted by molar-refractivity contribution is 6.36. The molecule has 4 aromatic rings. The minimum atomic E-state index is -0.491. The van der Waals surface area contributed by atoms with Crippen molar-refractivity contribution >= 4 is 45.1 Å². The van der Waals surface area contributed by atoms with Crippen LogP contribution in [0.2, 0.25) is 5.02 Å². The number of aromatic nitrogens is 1. The topological polar surface area (TPSA) is 76.4 Å². The number of carbonyl (C=O) groups excluding carboxylic acids is 1. The molecule has 35 heavy (non-hydrogen) atoms. The SMILES string of the molecule is CC(C)(C)OC(=O)NC1CCC(Nc2cc(Cl)c3cncc(-c4cc5ccccc5o4)c3c2)CC1. The second-order valence-corrected chi connectivity index (χ2v) is 10.6. The second-order valence-electron chi connectivity index (χ2n) is 10.2. The van der Waals surface area contributed by atoms with Gasteiger partial charge in [-0.1, -0.05) is 29.8 Å². The van der Waals surface area contributed by atoms with Crippen LogP contribution < -0.4 is 10.6 Å². The molecular weight excluding hydrogens is 462 g/mol. The van der Waals surface area contributed by atoms with Gasteiger partial charge in [0.05, 0.1) is 5.02 Å². The van der Waals surface area contributed by atoms with E-state index < -0.39 is 5.60 Å². The van der Waals surface area contributed by atoms with E-state index in [0.29, 0.717) is 11.1 Å². The maximum Gasteiger partial charge on any atom is 0.407 e. The minimum Gasteiger partial charge on any atom is -0.456 e. The van der Waals surface area contributed by atoms with Gasteiger partial charge in [0, 0.05) is 46.5 Å². The van der Waals surface area contributed by atoms with Gasteiger partial charge >= 0.3 is 6.09 Å². The summed E-state index contributed by atoms with van der Waals surface area (Å²) in [5.74, 6) is 0.770. The second kappa shape index (κ2) is 9.42. The van der Waals surface area contributed by atoms with Crippen molar-refractivity contribution in [2.24, 2.45) is 0 Å². The van der Waals surface area contributed by atoms with Crippen LogP contribution in [0.15, 0.2) is 59.3 Å². The van der Waals surface area contributed by atoms with Crippen LogP contribution in [0, 0.1) is 0 Å². The number of rotatable bonds is 4. The number of amides is 1. The number of hydrogen-bond donors (Lipinski definition) is 2. The number of hydrogen-bond acceptors (Lipinski definition) is 5. The number of para-hydroxylation sites is 1. The number of nitrogens with one attached hydrogen (secondary N) is 2. The molecule has 5 rings (SSSR count). The van der Waals surface area contributed by atoms with Crippen molar-refractivity contribution in [1.29, 1.82) is 0 Å². The summed E-state index contributed by atoms with van der Waals surface area (Å²) in [5, 5.41) is 10.2.